The van der Waals surface area contributed by atoms with Gasteiger partial charge in [0, 0.05) is 17.1 Å². The highest BCUT2D eigenvalue weighted by atomic mass is 16.7. The van der Waals surface area contributed by atoms with Crippen molar-refractivity contribution >= 4 is 23.5 Å². The SMILES string of the molecule is Cc1cn(C(c2ccccc2)c2ccccc2)c2ccc(B3OC(C)(C)C(C)(C)O3)cc12. The third-order valence-corrected chi connectivity index (χ3v) is 7.09. The van der Waals surface area contributed by atoms with E-state index in [1.165, 1.54) is 27.6 Å². The molecule has 3 nitrogen and oxygen atoms in total. The second kappa shape index (κ2) is 7.65. The monoisotopic (exact) mass is 423 g/mol. The van der Waals surface area contributed by atoms with E-state index in [1.54, 1.807) is 0 Å². The minimum Gasteiger partial charge on any atom is -0.399 e. The van der Waals surface area contributed by atoms with E-state index in [0.717, 1.165) is 5.46 Å². The van der Waals surface area contributed by atoms with Gasteiger partial charge in [0.1, 0.15) is 0 Å². The fourth-order valence-electron chi connectivity index (χ4n) is 4.57. The first-order chi connectivity index (χ1) is 15.3. The van der Waals surface area contributed by atoms with Crippen LogP contribution >= 0.6 is 0 Å². The van der Waals surface area contributed by atoms with Crippen molar-refractivity contribution in [3.8, 4) is 0 Å². The van der Waals surface area contributed by atoms with Crippen molar-refractivity contribution in [1.82, 2.24) is 4.57 Å². The van der Waals surface area contributed by atoms with Gasteiger partial charge in [-0.05, 0) is 62.8 Å². The smallest absolute Gasteiger partial charge is 0.399 e. The summed E-state index contributed by atoms with van der Waals surface area (Å²) in [5.74, 6) is 0. The van der Waals surface area contributed by atoms with Gasteiger partial charge in [-0.2, -0.15) is 0 Å². The van der Waals surface area contributed by atoms with Crippen LogP contribution in [-0.2, 0) is 9.31 Å². The minimum absolute atomic E-state index is 0.108. The quantitative estimate of drug-likeness (QED) is 0.383. The first-order valence-corrected chi connectivity index (χ1v) is 11.3. The molecule has 1 aromatic heterocycles. The molecule has 1 aliphatic heterocycles. The molecule has 5 rings (SSSR count). The highest BCUT2D eigenvalue weighted by molar-refractivity contribution is 6.62. The molecule has 162 valence electrons. The van der Waals surface area contributed by atoms with Gasteiger partial charge in [0.2, 0.25) is 0 Å². The van der Waals surface area contributed by atoms with E-state index in [2.05, 4.69) is 124 Å². The van der Waals surface area contributed by atoms with Gasteiger partial charge < -0.3 is 13.9 Å². The number of hydrogen-bond donors (Lipinski definition) is 0. The number of aryl methyl sites for hydroxylation is 1. The summed E-state index contributed by atoms with van der Waals surface area (Å²) in [6.45, 7) is 10.6. The Labute approximate surface area is 191 Å². The van der Waals surface area contributed by atoms with Crippen LogP contribution in [0.5, 0.6) is 0 Å². The van der Waals surface area contributed by atoms with Crippen molar-refractivity contribution in [1.29, 1.82) is 0 Å². The Balaban J connectivity index is 1.61. The summed E-state index contributed by atoms with van der Waals surface area (Å²) in [5, 5.41) is 1.23. The van der Waals surface area contributed by atoms with E-state index in [0.29, 0.717) is 0 Å². The molecule has 1 saturated heterocycles. The molecule has 0 aliphatic carbocycles. The fourth-order valence-corrected chi connectivity index (χ4v) is 4.57. The summed E-state index contributed by atoms with van der Waals surface area (Å²) >= 11 is 0. The van der Waals surface area contributed by atoms with Crippen molar-refractivity contribution in [2.24, 2.45) is 0 Å². The number of aromatic nitrogens is 1. The average molecular weight is 423 g/mol. The van der Waals surface area contributed by atoms with Crippen molar-refractivity contribution < 1.29 is 9.31 Å². The molecule has 0 unspecified atom stereocenters. The summed E-state index contributed by atoms with van der Waals surface area (Å²) < 4.78 is 15.0. The lowest BCUT2D eigenvalue weighted by Crippen LogP contribution is -2.41. The lowest BCUT2D eigenvalue weighted by molar-refractivity contribution is 0.00578. The predicted octanol–water partition coefficient (Wildman–Crippen LogP) is 5.89. The summed E-state index contributed by atoms with van der Waals surface area (Å²) in [6.07, 6.45) is 2.27. The van der Waals surface area contributed by atoms with Crippen LogP contribution in [0.1, 0.15) is 50.4 Å². The van der Waals surface area contributed by atoms with Crippen LogP contribution in [0, 0.1) is 6.92 Å². The zero-order valence-electron chi connectivity index (χ0n) is 19.5. The average Bonchev–Trinajstić information content (AvgIpc) is 3.21. The Morgan fingerprint density at radius 1 is 0.750 bits per heavy atom. The van der Waals surface area contributed by atoms with Crippen molar-refractivity contribution in [2.75, 3.05) is 0 Å². The van der Waals surface area contributed by atoms with E-state index < -0.39 is 0 Å². The Morgan fingerprint density at radius 3 is 1.81 bits per heavy atom. The molecular formula is C28H30BNO2. The molecule has 4 aromatic rings. The molecule has 0 bridgehead atoms. The maximum Gasteiger partial charge on any atom is 0.494 e. The maximum absolute atomic E-state index is 6.30. The van der Waals surface area contributed by atoms with Gasteiger partial charge in [0.15, 0.2) is 0 Å². The van der Waals surface area contributed by atoms with Gasteiger partial charge in [0.25, 0.3) is 0 Å². The van der Waals surface area contributed by atoms with Crippen LogP contribution in [0.4, 0.5) is 0 Å². The Morgan fingerprint density at radius 2 is 1.28 bits per heavy atom. The number of hydrogen-bond acceptors (Lipinski definition) is 2. The van der Waals surface area contributed by atoms with Gasteiger partial charge in [-0.3, -0.25) is 0 Å². The van der Waals surface area contributed by atoms with Gasteiger partial charge in [-0.1, -0.05) is 72.8 Å². The number of fused-ring (bicyclic) bond motifs is 1. The summed E-state index contributed by atoms with van der Waals surface area (Å²) in [6, 6.07) is 28.1. The predicted molar refractivity (Wildman–Crippen MR) is 133 cm³/mol. The molecule has 1 fully saturated rings. The van der Waals surface area contributed by atoms with Crippen LogP contribution < -0.4 is 5.46 Å². The summed E-state index contributed by atoms with van der Waals surface area (Å²) in [4.78, 5) is 0. The molecule has 0 N–H and O–H groups in total. The van der Waals surface area contributed by atoms with Crippen LogP contribution in [0.3, 0.4) is 0 Å². The van der Waals surface area contributed by atoms with Crippen molar-refractivity contribution in [2.45, 2.75) is 51.9 Å². The number of rotatable bonds is 4. The van der Waals surface area contributed by atoms with E-state index in [9.17, 15) is 0 Å². The lowest BCUT2D eigenvalue weighted by Gasteiger charge is -2.32. The molecule has 2 heterocycles. The second-order valence-electron chi connectivity index (χ2n) is 9.81. The number of nitrogens with zero attached hydrogens (tertiary/aromatic N) is 1. The highest BCUT2D eigenvalue weighted by Gasteiger charge is 2.51. The van der Waals surface area contributed by atoms with Crippen LogP contribution in [0.15, 0.2) is 85.1 Å². The third-order valence-electron chi connectivity index (χ3n) is 7.09. The number of benzene rings is 3. The van der Waals surface area contributed by atoms with Crippen LogP contribution in [-0.4, -0.2) is 22.9 Å². The van der Waals surface area contributed by atoms with E-state index in [-0.39, 0.29) is 24.4 Å². The van der Waals surface area contributed by atoms with E-state index >= 15 is 0 Å². The van der Waals surface area contributed by atoms with Gasteiger partial charge >= 0.3 is 7.12 Å². The molecule has 1 aliphatic rings. The van der Waals surface area contributed by atoms with E-state index in [1.807, 2.05) is 0 Å². The Kier molecular flexibility index (Phi) is 5.03. The molecular weight excluding hydrogens is 393 g/mol. The lowest BCUT2D eigenvalue weighted by atomic mass is 9.78. The van der Waals surface area contributed by atoms with Gasteiger partial charge in [-0.25, -0.2) is 0 Å². The highest BCUT2D eigenvalue weighted by Crippen LogP contribution is 2.37. The second-order valence-corrected chi connectivity index (χ2v) is 9.81. The molecule has 3 aromatic carbocycles. The Bertz CT molecular complexity index is 1190. The molecule has 32 heavy (non-hydrogen) atoms. The molecule has 4 heteroatoms. The van der Waals surface area contributed by atoms with E-state index in [4.69, 9.17) is 9.31 Å². The molecule has 0 radical (unpaired) electrons. The molecule has 0 amide bonds. The van der Waals surface area contributed by atoms with Gasteiger partial charge in [0.05, 0.1) is 17.2 Å². The fraction of sp³-hybridized carbons (Fsp3) is 0.286. The van der Waals surface area contributed by atoms with Crippen molar-refractivity contribution in [3.05, 3.63) is 102 Å². The summed E-state index contributed by atoms with van der Waals surface area (Å²) in [5.41, 5.74) is 5.36. The van der Waals surface area contributed by atoms with Gasteiger partial charge in [-0.15, -0.1) is 0 Å². The molecule has 0 spiro atoms. The summed E-state index contributed by atoms with van der Waals surface area (Å²) in [7, 11) is -0.355. The van der Waals surface area contributed by atoms with Crippen LogP contribution in [0.25, 0.3) is 10.9 Å². The molecule has 0 atom stereocenters. The Hall–Kier alpha value is -2.82. The molecule has 0 saturated carbocycles. The van der Waals surface area contributed by atoms with Crippen LogP contribution in [0.2, 0.25) is 0 Å². The maximum atomic E-state index is 6.30. The zero-order chi connectivity index (χ0) is 22.5. The minimum atomic E-state index is -0.355. The zero-order valence-corrected chi connectivity index (χ0v) is 19.5. The largest absolute Gasteiger partial charge is 0.494 e. The standard InChI is InChI=1S/C28H30BNO2/c1-20-19-30(26(21-12-8-6-9-13-21)22-14-10-7-11-15-22)25-17-16-23(18-24(20)25)29-31-27(2,3)28(4,5)32-29/h6-19,26H,1-5H3. The first-order valence-electron chi connectivity index (χ1n) is 11.3. The first kappa shape index (κ1) is 21.1. The topological polar surface area (TPSA) is 23.4 Å². The normalized spacial score (nSPS) is 17.4. The van der Waals surface area contributed by atoms with Crippen molar-refractivity contribution in [3.63, 3.8) is 0 Å². The third kappa shape index (κ3) is 3.48.